The summed E-state index contributed by atoms with van der Waals surface area (Å²) in [5.41, 5.74) is 1.90. The first-order valence-electron chi connectivity index (χ1n) is 6.86. The molecule has 0 saturated carbocycles. The Morgan fingerprint density at radius 3 is 2.90 bits per heavy atom. The first-order valence-corrected chi connectivity index (χ1v) is 6.86. The van der Waals surface area contributed by atoms with E-state index in [-0.39, 0.29) is 12.0 Å². The molecule has 1 amide bonds. The summed E-state index contributed by atoms with van der Waals surface area (Å²) in [5, 5.41) is 9.73. The molecular weight excluding hydrogens is 254 g/mol. The topological polar surface area (TPSA) is 67.0 Å². The molecule has 1 fully saturated rings. The molecule has 1 unspecified atom stereocenters. The Balaban J connectivity index is 1.75. The molecular formula is C15H17N3O2. The van der Waals surface area contributed by atoms with Crippen molar-refractivity contribution in [3.63, 3.8) is 0 Å². The van der Waals surface area contributed by atoms with Gasteiger partial charge in [-0.1, -0.05) is 30.3 Å². The highest BCUT2D eigenvalue weighted by Gasteiger charge is 2.23. The molecule has 2 heterocycles. The van der Waals surface area contributed by atoms with Crippen molar-refractivity contribution in [1.82, 2.24) is 10.2 Å². The van der Waals surface area contributed by atoms with E-state index >= 15 is 0 Å². The van der Waals surface area contributed by atoms with Gasteiger partial charge in [-0.05, 0) is 24.8 Å². The predicted molar refractivity (Wildman–Crippen MR) is 76.2 cm³/mol. The first kappa shape index (κ1) is 12.9. The molecule has 1 aromatic carbocycles. The minimum Gasteiger partial charge on any atom is -0.368 e. The Kier molecular flexibility index (Phi) is 3.78. The number of aromatic amines is 1. The van der Waals surface area contributed by atoms with E-state index in [1.165, 1.54) is 0 Å². The molecule has 3 rings (SSSR count). The van der Waals surface area contributed by atoms with E-state index in [1.807, 2.05) is 30.3 Å². The van der Waals surface area contributed by atoms with E-state index in [9.17, 15) is 4.79 Å². The van der Waals surface area contributed by atoms with Crippen LogP contribution in [0.4, 0.5) is 5.82 Å². The maximum atomic E-state index is 12.2. The lowest BCUT2D eigenvalue weighted by molar-refractivity contribution is -0.130. The molecule has 0 aliphatic carbocycles. The van der Waals surface area contributed by atoms with Gasteiger partial charge in [0.25, 0.3) is 5.91 Å². The molecule has 5 heteroatoms. The number of hydrogen-bond acceptors (Lipinski definition) is 3. The monoisotopic (exact) mass is 271 g/mol. The van der Waals surface area contributed by atoms with E-state index in [0.29, 0.717) is 12.4 Å². The fourth-order valence-corrected chi connectivity index (χ4v) is 2.37. The van der Waals surface area contributed by atoms with Gasteiger partial charge in [-0.3, -0.25) is 9.89 Å². The first-order chi connectivity index (χ1) is 9.84. The van der Waals surface area contributed by atoms with Crippen molar-refractivity contribution in [1.29, 1.82) is 0 Å². The summed E-state index contributed by atoms with van der Waals surface area (Å²) in [6.07, 6.45) is 4.21. The average molecular weight is 271 g/mol. The largest absolute Gasteiger partial charge is 0.368 e. The zero-order valence-corrected chi connectivity index (χ0v) is 11.1. The molecule has 1 aromatic heterocycles. The molecule has 0 spiro atoms. The van der Waals surface area contributed by atoms with Crippen LogP contribution < -0.4 is 5.32 Å². The van der Waals surface area contributed by atoms with Crippen LogP contribution in [0.1, 0.15) is 19.3 Å². The van der Waals surface area contributed by atoms with Crippen LogP contribution in [0.5, 0.6) is 0 Å². The minimum atomic E-state index is -0.351. The average Bonchev–Trinajstić information content (AvgIpc) is 2.97. The number of anilines is 1. The van der Waals surface area contributed by atoms with Crippen LogP contribution >= 0.6 is 0 Å². The summed E-state index contributed by atoms with van der Waals surface area (Å²) in [7, 11) is 0. The van der Waals surface area contributed by atoms with E-state index in [1.54, 1.807) is 6.20 Å². The lowest BCUT2D eigenvalue weighted by Crippen LogP contribution is -2.33. The number of H-pyrrole nitrogens is 1. The van der Waals surface area contributed by atoms with Crippen LogP contribution in [-0.4, -0.2) is 28.8 Å². The van der Waals surface area contributed by atoms with E-state index in [2.05, 4.69) is 15.5 Å². The third-order valence-electron chi connectivity index (χ3n) is 3.44. The van der Waals surface area contributed by atoms with Crippen molar-refractivity contribution in [2.75, 3.05) is 11.9 Å². The van der Waals surface area contributed by atoms with Crippen LogP contribution in [0.2, 0.25) is 0 Å². The molecule has 1 saturated heterocycles. The van der Waals surface area contributed by atoms with Gasteiger partial charge in [0.2, 0.25) is 0 Å². The van der Waals surface area contributed by atoms with Gasteiger partial charge in [-0.15, -0.1) is 0 Å². The number of aromatic nitrogens is 2. The number of benzene rings is 1. The number of rotatable bonds is 3. The molecule has 1 atom stereocenters. The highest BCUT2D eigenvalue weighted by Crippen LogP contribution is 2.26. The zero-order chi connectivity index (χ0) is 13.8. The summed E-state index contributed by atoms with van der Waals surface area (Å²) in [6, 6.07) is 9.84. The Bertz CT molecular complexity index is 574. The Morgan fingerprint density at radius 2 is 2.15 bits per heavy atom. The minimum absolute atomic E-state index is 0.105. The molecule has 20 heavy (non-hydrogen) atoms. The molecule has 0 bridgehead atoms. The van der Waals surface area contributed by atoms with Gasteiger partial charge >= 0.3 is 0 Å². The van der Waals surface area contributed by atoms with Crippen LogP contribution in [0.25, 0.3) is 11.1 Å². The Morgan fingerprint density at radius 1 is 1.30 bits per heavy atom. The van der Waals surface area contributed by atoms with Gasteiger partial charge < -0.3 is 10.1 Å². The molecule has 1 aliphatic heterocycles. The normalized spacial score (nSPS) is 18.7. The van der Waals surface area contributed by atoms with Crippen LogP contribution in [0.3, 0.4) is 0 Å². The van der Waals surface area contributed by atoms with Crippen molar-refractivity contribution in [2.24, 2.45) is 0 Å². The summed E-state index contributed by atoms with van der Waals surface area (Å²) < 4.78 is 5.49. The quantitative estimate of drug-likeness (QED) is 0.901. The number of nitrogens with zero attached hydrogens (tertiary/aromatic N) is 1. The Labute approximate surface area is 117 Å². The molecule has 0 radical (unpaired) electrons. The molecule has 2 N–H and O–H groups in total. The van der Waals surface area contributed by atoms with Crippen molar-refractivity contribution in [3.05, 3.63) is 36.5 Å². The molecule has 2 aromatic rings. The zero-order valence-electron chi connectivity index (χ0n) is 11.1. The van der Waals surface area contributed by atoms with Gasteiger partial charge in [0.05, 0.1) is 6.20 Å². The van der Waals surface area contributed by atoms with Crippen LogP contribution in [0.15, 0.2) is 36.5 Å². The highest BCUT2D eigenvalue weighted by atomic mass is 16.5. The maximum absolute atomic E-state index is 12.2. The second-order valence-corrected chi connectivity index (χ2v) is 4.87. The fraction of sp³-hybridized carbons (Fsp3) is 0.333. The van der Waals surface area contributed by atoms with Gasteiger partial charge in [0, 0.05) is 12.2 Å². The number of ether oxygens (including phenoxy) is 1. The number of nitrogens with one attached hydrogen (secondary N) is 2. The smallest absolute Gasteiger partial charge is 0.254 e. The van der Waals surface area contributed by atoms with Crippen LogP contribution in [0, 0.1) is 0 Å². The summed E-state index contributed by atoms with van der Waals surface area (Å²) in [6.45, 7) is 0.659. The van der Waals surface area contributed by atoms with E-state index in [4.69, 9.17) is 4.74 Å². The van der Waals surface area contributed by atoms with Crippen molar-refractivity contribution >= 4 is 11.7 Å². The molecule has 1 aliphatic rings. The summed E-state index contributed by atoms with van der Waals surface area (Å²) >= 11 is 0. The third-order valence-corrected chi connectivity index (χ3v) is 3.44. The van der Waals surface area contributed by atoms with E-state index in [0.717, 1.165) is 30.4 Å². The third kappa shape index (κ3) is 2.72. The van der Waals surface area contributed by atoms with Gasteiger partial charge in [0.1, 0.15) is 11.9 Å². The van der Waals surface area contributed by atoms with E-state index < -0.39 is 0 Å². The summed E-state index contributed by atoms with van der Waals surface area (Å²) in [5.74, 6) is 0.515. The van der Waals surface area contributed by atoms with Gasteiger partial charge in [0.15, 0.2) is 0 Å². The number of hydrogen-bond donors (Lipinski definition) is 2. The SMILES string of the molecule is O=C(Nc1[nH]ncc1-c1ccccc1)C1CCCCO1. The summed E-state index contributed by atoms with van der Waals surface area (Å²) in [4.78, 5) is 12.2. The molecule has 104 valence electrons. The van der Waals surface area contributed by atoms with Crippen molar-refractivity contribution in [2.45, 2.75) is 25.4 Å². The second-order valence-electron chi connectivity index (χ2n) is 4.87. The van der Waals surface area contributed by atoms with Gasteiger partial charge in [-0.25, -0.2) is 0 Å². The standard InChI is InChI=1S/C15H17N3O2/c19-15(13-8-4-5-9-20-13)17-14-12(10-16-18-14)11-6-2-1-3-7-11/h1-3,6-7,10,13H,4-5,8-9H2,(H2,16,17,18,19). The maximum Gasteiger partial charge on any atom is 0.254 e. The Hall–Kier alpha value is -2.14. The van der Waals surface area contributed by atoms with Crippen molar-refractivity contribution in [3.8, 4) is 11.1 Å². The van der Waals surface area contributed by atoms with Gasteiger partial charge in [-0.2, -0.15) is 5.10 Å². The number of amides is 1. The predicted octanol–water partition coefficient (Wildman–Crippen LogP) is 2.58. The molecule has 5 nitrogen and oxygen atoms in total. The second kappa shape index (κ2) is 5.88. The number of carbonyl (C=O) groups excluding carboxylic acids is 1. The number of carbonyl (C=O) groups is 1. The van der Waals surface area contributed by atoms with Crippen molar-refractivity contribution < 1.29 is 9.53 Å². The highest BCUT2D eigenvalue weighted by molar-refractivity contribution is 5.96. The fourth-order valence-electron chi connectivity index (χ4n) is 2.37. The lowest BCUT2D eigenvalue weighted by atomic mass is 10.1. The lowest BCUT2D eigenvalue weighted by Gasteiger charge is -2.21. The van der Waals surface area contributed by atoms with Crippen LogP contribution in [-0.2, 0) is 9.53 Å².